The first-order valence-electron chi connectivity index (χ1n) is 5.59. The third-order valence-electron chi connectivity index (χ3n) is 2.87. The summed E-state index contributed by atoms with van der Waals surface area (Å²) in [6.07, 6.45) is -0.579. The fraction of sp³-hybridized carbons (Fsp3) is 0.200. The van der Waals surface area contributed by atoms with Gasteiger partial charge in [0.15, 0.2) is 0 Å². The highest BCUT2D eigenvalue weighted by atomic mass is 79.9. The second kappa shape index (κ2) is 5.03. The van der Waals surface area contributed by atoms with E-state index in [4.69, 9.17) is 0 Å². The van der Waals surface area contributed by atoms with Gasteiger partial charge in [-0.05, 0) is 30.5 Å². The maximum Gasteiger partial charge on any atom is 0.105 e. The first kappa shape index (κ1) is 12.3. The number of aliphatic hydroxyl groups excluding tert-OH is 1. The Hall–Kier alpha value is -1.12. The van der Waals surface area contributed by atoms with E-state index in [2.05, 4.69) is 15.9 Å². The van der Waals surface area contributed by atoms with Crippen molar-refractivity contribution in [2.24, 2.45) is 0 Å². The van der Waals surface area contributed by atoms with E-state index in [1.807, 2.05) is 56.3 Å². The van der Waals surface area contributed by atoms with Crippen LogP contribution in [0.5, 0.6) is 0 Å². The molecule has 17 heavy (non-hydrogen) atoms. The molecule has 88 valence electrons. The maximum atomic E-state index is 10.4. The van der Waals surface area contributed by atoms with Crippen molar-refractivity contribution < 1.29 is 5.11 Å². The summed E-state index contributed by atoms with van der Waals surface area (Å²) in [5.74, 6) is 0. The van der Waals surface area contributed by atoms with Crippen molar-refractivity contribution in [1.82, 2.24) is 0 Å². The molecule has 0 aliphatic rings. The summed E-state index contributed by atoms with van der Waals surface area (Å²) in [6.45, 7) is 4.05. The smallest absolute Gasteiger partial charge is 0.105 e. The summed E-state index contributed by atoms with van der Waals surface area (Å²) in [5.41, 5.74) is 4.13. The molecule has 0 aromatic heterocycles. The lowest BCUT2D eigenvalue weighted by atomic mass is 9.99. The number of rotatable bonds is 2. The Kier molecular flexibility index (Phi) is 3.65. The van der Waals surface area contributed by atoms with Crippen LogP contribution in [0.1, 0.15) is 28.4 Å². The molecule has 2 rings (SSSR count). The van der Waals surface area contributed by atoms with Crippen molar-refractivity contribution in [1.29, 1.82) is 0 Å². The minimum absolute atomic E-state index is 0.579. The van der Waals surface area contributed by atoms with Crippen molar-refractivity contribution >= 4 is 15.9 Å². The van der Waals surface area contributed by atoms with Crippen LogP contribution in [0, 0.1) is 13.8 Å². The van der Waals surface area contributed by atoms with Crippen molar-refractivity contribution in [2.75, 3.05) is 0 Å². The Balaban J connectivity index is 2.44. The highest BCUT2D eigenvalue weighted by Gasteiger charge is 2.14. The zero-order valence-electron chi connectivity index (χ0n) is 9.94. The molecule has 1 atom stereocenters. The monoisotopic (exact) mass is 290 g/mol. The molecule has 2 aromatic rings. The molecule has 0 saturated heterocycles. The molecule has 0 amide bonds. The quantitative estimate of drug-likeness (QED) is 0.881. The van der Waals surface area contributed by atoms with Gasteiger partial charge in [0.1, 0.15) is 6.10 Å². The van der Waals surface area contributed by atoms with E-state index in [1.54, 1.807) is 0 Å². The summed E-state index contributed by atoms with van der Waals surface area (Å²) < 4.78 is 0.981. The average Bonchev–Trinajstić information content (AvgIpc) is 2.32. The number of benzene rings is 2. The Morgan fingerprint density at radius 3 is 2.47 bits per heavy atom. The van der Waals surface area contributed by atoms with Crippen LogP contribution in [-0.2, 0) is 0 Å². The summed E-state index contributed by atoms with van der Waals surface area (Å²) in [6, 6.07) is 13.9. The molecule has 0 aliphatic heterocycles. The van der Waals surface area contributed by atoms with E-state index in [9.17, 15) is 5.11 Å². The molecule has 1 unspecified atom stereocenters. The van der Waals surface area contributed by atoms with E-state index in [-0.39, 0.29) is 0 Å². The number of aryl methyl sites for hydroxylation is 2. The van der Waals surface area contributed by atoms with E-state index < -0.39 is 6.10 Å². The molecule has 0 aliphatic carbocycles. The Morgan fingerprint density at radius 2 is 1.76 bits per heavy atom. The van der Waals surface area contributed by atoms with Gasteiger partial charge in [-0.15, -0.1) is 0 Å². The average molecular weight is 291 g/mol. The fourth-order valence-electron chi connectivity index (χ4n) is 1.90. The Bertz CT molecular complexity index is 534. The van der Waals surface area contributed by atoms with E-state index >= 15 is 0 Å². The predicted molar refractivity (Wildman–Crippen MR) is 74.1 cm³/mol. The lowest BCUT2D eigenvalue weighted by Gasteiger charge is -2.15. The molecular weight excluding hydrogens is 276 g/mol. The van der Waals surface area contributed by atoms with Crippen LogP contribution < -0.4 is 0 Å². The molecule has 2 heteroatoms. The van der Waals surface area contributed by atoms with Gasteiger partial charge >= 0.3 is 0 Å². The molecule has 0 radical (unpaired) electrons. The van der Waals surface area contributed by atoms with Gasteiger partial charge in [-0.3, -0.25) is 0 Å². The van der Waals surface area contributed by atoms with Crippen LogP contribution in [0.15, 0.2) is 46.9 Å². The van der Waals surface area contributed by atoms with Gasteiger partial charge in [0.25, 0.3) is 0 Å². The molecule has 0 saturated carbocycles. The van der Waals surface area contributed by atoms with Crippen molar-refractivity contribution in [3.05, 3.63) is 69.2 Å². The SMILES string of the molecule is Cc1cccc(C(O)c2cccc(C)c2Br)c1. The number of halogens is 1. The molecular formula is C15H15BrO. The normalized spacial score (nSPS) is 12.5. The first-order chi connectivity index (χ1) is 8.09. The van der Waals surface area contributed by atoms with Gasteiger partial charge in [0.2, 0.25) is 0 Å². The lowest BCUT2D eigenvalue weighted by Crippen LogP contribution is -2.01. The van der Waals surface area contributed by atoms with Gasteiger partial charge in [0, 0.05) is 4.47 Å². The Labute approximate surface area is 110 Å². The van der Waals surface area contributed by atoms with Gasteiger partial charge < -0.3 is 5.11 Å². The first-order valence-corrected chi connectivity index (χ1v) is 6.38. The van der Waals surface area contributed by atoms with Gasteiger partial charge in [-0.2, -0.15) is 0 Å². The van der Waals surface area contributed by atoms with Crippen molar-refractivity contribution in [2.45, 2.75) is 20.0 Å². The van der Waals surface area contributed by atoms with Gasteiger partial charge in [-0.25, -0.2) is 0 Å². The highest BCUT2D eigenvalue weighted by molar-refractivity contribution is 9.10. The van der Waals surface area contributed by atoms with Gasteiger partial charge in [-0.1, -0.05) is 64.0 Å². The maximum absolute atomic E-state index is 10.4. The lowest BCUT2D eigenvalue weighted by molar-refractivity contribution is 0.219. The molecule has 1 N–H and O–H groups in total. The van der Waals surface area contributed by atoms with Crippen LogP contribution >= 0.6 is 15.9 Å². The highest BCUT2D eigenvalue weighted by Crippen LogP contribution is 2.30. The minimum atomic E-state index is -0.579. The van der Waals surface area contributed by atoms with Gasteiger partial charge in [0.05, 0.1) is 0 Å². The van der Waals surface area contributed by atoms with Crippen LogP contribution in [0.3, 0.4) is 0 Å². The van der Waals surface area contributed by atoms with Crippen LogP contribution in [-0.4, -0.2) is 5.11 Å². The molecule has 0 bridgehead atoms. The zero-order chi connectivity index (χ0) is 12.4. The van der Waals surface area contributed by atoms with Crippen LogP contribution in [0.2, 0.25) is 0 Å². The summed E-state index contributed by atoms with van der Waals surface area (Å²) >= 11 is 3.54. The van der Waals surface area contributed by atoms with Crippen LogP contribution in [0.25, 0.3) is 0 Å². The summed E-state index contributed by atoms with van der Waals surface area (Å²) in [5, 5.41) is 10.4. The Morgan fingerprint density at radius 1 is 1.06 bits per heavy atom. The standard InChI is InChI=1S/C15H15BrO/c1-10-5-3-7-12(9-10)15(17)13-8-4-6-11(2)14(13)16/h3-9,15,17H,1-2H3. The van der Waals surface area contributed by atoms with Crippen LogP contribution in [0.4, 0.5) is 0 Å². The predicted octanol–water partition coefficient (Wildman–Crippen LogP) is 4.15. The van der Waals surface area contributed by atoms with E-state index in [1.165, 1.54) is 0 Å². The zero-order valence-corrected chi connectivity index (χ0v) is 11.5. The topological polar surface area (TPSA) is 20.2 Å². The fourth-order valence-corrected chi connectivity index (χ4v) is 2.38. The number of hydrogen-bond donors (Lipinski definition) is 1. The van der Waals surface area contributed by atoms with E-state index in [0.717, 1.165) is 26.7 Å². The number of hydrogen-bond acceptors (Lipinski definition) is 1. The molecule has 2 aromatic carbocycles. The van der Waals surface area contributed by atoms with E-state index in [0.29, 0.717) is 0 Å². The third-order valence-corrected chi connectivity index (χ3v) is 3.96. The molecule has 1 nitrogen and oxygen atoms in total. The molecule has 0 spiro atoms. The summed E-state index contributed by atoms with van der Waals surface area (Å²) in [4.78, 5) is 0. The molecule has 0 fully saturated rings. The van der Waals surface area contributed by atoms with Crippen molar-refractivity contribution in [3.8, 4) is 0 Å². The summed E-state index contributed by atoms with van der Waals surface area (Å²) in [7, 11) is 0. The third kappa shape index (κ3) is 2.59. The second-order valence-corrected chi connectivity index (χ2v) is 5.09. The number of aliphatic hydroxyl groups is 1. The minimum Gasteiger partial charge on any atom is -0.384 e. The van der Waals surface area contributed by atoms with Crippen molar-refractivity contribution in [3.63, 3.8) is 0 Å². The largest absolute Gasteiger partial charge is 0.384 e. The second-order valence-electron chi connectivity index (χ2n) is 4.29. The molecule has 0 heterocycles.